The van der Waals surface area contributed by atoms with E-state index in [-0.39, 0.29) is 11.5 Å². The minimum absolute atomic E-state index is 0.0403. The fourth-order valence-corrected chi connectivity index (χ4v) is 2.33. The molecule has 0 radical (unpaired) electrons. The molecule has 1 aliphatic heterocycles. The summed E-state index contributed by atoms with van der Waals surface area (Å²) in [5.41, 5.74) is 0.0403. The van der Waals surface area contributed by atoms with Crippen LogP contribution in [0.1, 0.15) is 33.1 Å². The average molecular weight is 199 g/mol. The second kappa shape index (κ2) is 3.80. The third-order valence-electron chi connectivity index (χ3n) is 3.83. The first-order chi connectivity index (χ1) is 6.60. The number of aliphatic hydroxyl groups is 1. The normalized spacial score (nSPS) is 40.9. The quantitative estimate of drug-likeness (QED) is 0.710. The number of aliphatic hydroxyl groups excluding tert-OH is 1. The predicted molar refractivity (Wildman–Crippen MR) is 55.2 cm³/mol. The highest BCUT2D eigenvalue weighted by atomic mass is 16.5. The van der Waals surface area contributed by atoms with E-state index in [1.54, 1.807) is 0 Å². The number of hydrogen-bond donors (Lipinski definition) is 2. The summed E-state index contributed by atoms with van der Waals surface area (Å²) in [6, 6.07) is 0.460. The number of hydrogen-bond acceptors (Lipinski definition) is 3. The molecule has 3 unspecified atom stereocenters. The molecule has 3 nitrogen and oxygen atoms in total. The molecule has 1 saturated carbocycles. The maximum absolute atomic E-state index is 9.57. The van der Waals surface area contributed by atoms with E-state index < -0.39 is 0 Å². The zero-order valence-corrected chi connectivity index (χ0v) is 9.12. The highest BCUT2D eigenvalue weighted by molar-refractivity contribution is 5.01. The standard InChI is InChI=1S/C11H21NO2/c1-11(2)9(6-10(11)13)12-7-8-4-3-5-14-8/h8-10,12-13H,3-7H2,1-2H3. The number of ether oxygens (including phenoxy) is 1. The van der Waals surface area contributed by atoms with Crippen LogP contribution < -0.4 is 5.32 Å². The van der Waals surface area contributed by atoms with E-state index in [0.717, 1.165) is 19.6 Å². The Balaban J connectivity index is 1.71. The monoisotopic (exact) mass is 199 g/mol. The van der Waals surface area contributed by atoms with Crippen molar-refractivity contribution in [2.24, 2.45) is 5.41 Å². The molecule has 14 heavy (non-hydrogen) atoms. The van der Waals surface area contributed by atoms with Gasteiger partial charge in [0, 0.05) is 24.6 Å². The van der Waals surface area contributed by atoms with Crippen LogP contribution in [0.2, 0.25) is 0 Å². The third-order valence-corrected chi connectivity index (χ3v) is 3.83. The second-order valence-corrected chi connectivity index (χ2v) is 5.17. The fourth-order valence-electron chi connectivity index (χ4n) is 2.33. The molecule has 3 heteroatoms. The van der Waals surface area contributed by atoms with Gasteiger partial charge in [-0.3, -0.25) is 0 Å². The molecule has 0 aromatic heterocycles. The Bertz CT molecular complexity index is 199. The smallest absolute Gasteiger partial charge is 0.0700 e. The molecule has 1 aliphatic carbocycles. The minimum Gasteiger partial charge on any atom is -0.392 e. The zero-order chi connectivity index (χ0) is 10.2. The van der Waals surface area contributed by atoms with E-state index in [1.165, 1.54) is 12.8 Å². The van der Waals surface area contributed by atoms with E-state index >= 15 is 0 Å². The Morgan fingerprint density at radius 3 is 2.79 bits per heavy atom. The minimum atomic E-state index is -0.135. The second-order valence-electron chi connectivity index (χ2n) is 5.17. The molecule has 0 bridgehead atoms. The largest absolute Gasteiger partial charge is 0.392 e. The first kappa shape index (κ1) is 10.4. The topological polar surface area (TPSA) is 41.5 Å². The zero-order valence-electron chi connectivity index (χ0n) is 9.12. The van der Waals surface area contributed by atoms with Crippen LogP contribution in [0.5, 0.6) is 0 Å². The van der Waals surface area contributed by atoms with Crippen molar-refractivity contribution in [2.45, 2.75) is 51.4 Å². The SMILES string of the molecule is CC1(C)C(O)CC1NCC1CCCO1. The van der Waals surface area contributed by atoms with E-state index in [1.807, 2.05) is 0 Å². The maximum Gasteiger partial charge on any atom is 0.0700 e. The van der Waals surface area contributed by atoms with Gasteiger partial charge < -0.3 is 15.2 Å². The first-order valence-electron chi connectivity index (χ1n) is 5.64. The molecule has 0 aromatic carbocycles. The van der Waals surface area contributed by atoms with Crippen molar-refractivity contribution >= 4 is 0 Å². The van der Waals surface area contributed by atoms with Crippen LogP contribution in [-0.2, 0) is 4.74 Å². The van der Waals surface area contributed by atoms with Crippen molar-refractivity contribution in [1.29, 1.82) is 0 Å². The Kier molecular flexibility index (Phi) is 2.82. The van der Waals surface area contributed by atoms with Gasteiger partial charge in [0.1, 0.15) is 0 Å². The van der Waals surface area contributed by atoms with Gasteiger partial charge in [0.2, 0.25) is 0 Å². The summed E-state index contributed by atoms with van der Waals surface area (Å²) < 4.78 is 5.54. The van der Waals surface area contributed by atoms with Crippen LogP contribution in [0, 0.1) is 5.41 Å². The van der Waals surface area contributed by atoms with Gasteiger partial charge >= 0.3 is 0 Å². The molecule has 0 spiro atoms. The van der Waals surface area contributed by atoms with Crippen LogP contribution in [0.3, 0.4) is 0 Å². The lowest BCUT2D eigenvalue weighted by Gasteiger charge is -2.50. The van der Waals surface area contributed by atoms with Gasteiger partial charge in [0.25, 0.3) is 0 Å². The average Bonchev–Trinajstić information content (AvgIpc) is 2.64. The molecule has 1 heterocycles. The molecule has 2 rings (SSSR count). The van der Waals surface area contributed by atoms with Gasteiger partial charge in [-0.1, -0.05) is 13.8 Å². The Hall–Kier alpha value is -0.120. The molecular formula is C11H21NO2. The summed E-state index contributed by atoms with van der Waals surface area (Å²) in [4.78, 5) is 0. The van der Waals surface area contributed by atoms with Gasteiger partial charge in [0.15, 0.2) is 0 Å². The lowest BCUT2D eigenvalue weighted by atomic mass is 9.64. The van der Waals surface area contributed by atoms with Crippen molar-refractivity contribution in [3.63, 3.8) is 0 Å². The van der Waals surface area contributed by atoms with Gasteiger partial charge in [-0.2, -0.15) is 0 Å². The van der Waals surface area contributed by atoms with E-state index in [0.29, 0.717) is 12.1 Å². The lowest BCUT2D eigenvalue weighted by Crippen LogP contribution is -2.60. The summed E-state index contributed by atoms with van der Waals surface area (Å²) in [6.07, 6.45) is 3.54. The molecule has 1 saturated heterocycles. The van der Waals surface area contributed by atoms with E-state index in [9.17, 15) is 5.11 Å². The van der Waals surface area contributed by atoms with Crippen molar-refractivity contribution in [3.8, 4) is 0 Å². The molecular weight excluding hydrogens is 178 g/mol. The van der Waals surface area contributed by atoms with Crippen molar-refractivity contribution < 1.29 is 9.84 Å². The molecule has 82 valence electrons. The Morgan fingerprint density at radius 1 is 1.50 bits per heavy atom. The highest BCUT2D eigenvalue weighted by Gasteiger charge is 2.46. The van der Waals surface area contributed by atoms with Crippen LogP contribution >= 0.6 is 0 Å². The van der Waals surface area contributed by atoms with Gasteiger partial charge in [-0.15, -0.1) is 0 Å². The van der Waals surface area contributed by atoms with Crippen LogP contribution in [0.4, 0.5) is 0 Å². The van der Waals surface area contributed by atoms with Crippen LogP contribution in [0.15, 0.2) is 0 Å². The summed E-state index contributed by atoms with van der Waals surface area (Å²) in [5.74, 6) is 0. The predicted octanol–water partition coefficient (Wildman–Crippen LogP) is 0.914. The number of nitrogens with one attached hydrogen (secondary N) is 1. The summed E-state index contributed by atoms with van der Waals surface area (Å²) in [7, 11) is 0. The molecule has 3 atom stereocenters. The van der Waals surface area contributed by atoms with Crippen LogP contribution in [-0.4, -0.2) is 36.5 Å². The fraction of sp³-hybridized carbons (Fsp3) is 1.00. The molecule has 2 aliphatic rings. The van der Waals surface area contributed by atoms with Gasteiger partial charge in [-0.25, -0.2) is 0 Å². The van der Waals surface area contributed by atoms with Gasteiger partial charge in [0.05, 0.1) is 12.2 Å². The summed E-state index contributed by atoms with van der Waals surface area (Å²) in [6.45, 7) is 6.10. The summed E-state index contributed by atoms with van der Waals surface area (Å²) >= 11 is 0. The van der Waals surface area contributed by atoms with Crippen molar-refractivity contribution in [1.82, 2.24) is 5.32 Å². The van der Waals surface area contributed by atoms with Crippen molar-refractivity contribution in [3.05, 3.63) is 0 Å². The lowest BCUT2D eigenvalue weighted by molar-refractivity contribution is -0.0752. The number of rotatable bonds is 3. The molecule has 0 amide bonds. The third kappa shape index (κ3) is 1.81. The van der Waals surface area contributed by atoms with E-state index in [2.05, 4.69) is 19.2 Å². The molecule has 2 N–H and O–H groups in total. The first-order valence-corrected chi connectivity index (χ1v) is 5.64. The Labute approximate surface area is 85.8 Å². The molecule has 0 aromatic rings. The van der Waals surface area contributed by atoms with Crippen molar-refractivity contribution in [2.75, 3.05) is 13.2 Å². The Morgan fingerprint density at radius 2 is 2.29 bits per heavy atom. The van der Waals surface area contributed by atoms with Crippen LogP contribution in [0.25, 0.3) is 0 Å². The summed E-state index contributed by atoms with van der Waals surface area (Å²) in [5, 5.41) is 13.1. The van der Waals surface area contributed by atoms with Gasteiger partial charge in [-0.05, 0) is 19.3 Å². The van der Waals surface area contributed by atoms with E-state index in [4.69, 9.17) is 4.74 Å². The highest BCUT2D eigenvalue weighted by Crippen LogP contribution is 2.40. The molecule has 2 fully saturated rings. The maximum atomic E-state index is 9.57.